The van der Waals surface area contributed by atoms with Gasteiger partial charge in [0.25, 0.3) is 11.5 Å². The van der Waals surface area contributed by atoms with Crippen molar-refractivity contribution < 1.29 is 19.1 Å². The zero-order valence-corrected chi connectivity index (χ0v) is 13.8. The van der Waals surface area contributed by atoms with Gasteiger partial charge in [-0.2, -0.15) is 0 Å². The molecule has 9 heteroatoms. The van der Waals surface area contributed by atoms with Gasteiger partial charge in [-0.15, -0.1) is 0 Å². The Balaban J connectivity index is 1.93. The summed E-state index contributed by atoms with van der Waals surface area (Å²) in [4.78, 5) is 53.3. The Morgan fingerprint density at radius 2 is 2.00 bits per heavy atom. The van der Waals surface area contributed by atoms with Gasteiger partial charge in [0, 0.05) is 13.5 Å². The summed E-state index contributed by atoms with van der Waals surface area (Å²) >= 11 is 0. The standard InChI is InChI=1S/C16H18N4O5/c1-9(14(22)20-16(24)17-2)25-13(21)8-7-12-18-11-6-4-3-5-10(11)15(23)19-12/h3-6,9H,7-8H2,1-2H3,(H,18,19,23)(H2,17,20,22,24)/t9-/m1/s1. The number of nitrogens with zero attached hydrogens (tertiary/aromatic N) is 1. The fourth-order valence-corrected chi connectivity index (χ4v) is 2.06. The molecule has 0 spiro atoms. The molecule has 0 unspecified atom stereocenters. The molecule has 1 aromatic carbocycles. The molecule has 3 amide bonds. The van der Waals surface area contributed by atoms with E-state index in [-0.39, 0.29) is 18.4 Å². The second kappa shape index (κ2) is 8.04. The van der Waals surface area contributed by atoms with Crippen molar-refractivity contribution in [3.8, 4) is 0 Å². The van der Waals surface area contributed by atoms with E-state index in [1.165, 1.54) is 14.0 Å². The summed E-state index contributed by atoms with van der Waals surface area (Å²) in [6.07, 6.45) is -1.03. The highest BCUT2D eigenvalue weighted by atomic mass is 16.5. The molecule has 132 valence electrons. The van der Waals surface area contributed by atoms with E-state index in [0.29, 0.717) is 16.7 Å². The van der Waals surface area contributed by atoms with Crippen LogP contribution in [-0.2, 0) is 20.7 Å². The second-order valence-electron chi connectivity index (χ2n) is 5.23. The summed E-state index contributed by atoms with van der Waals surface area (Å²) in [5.74, 6) is -1.02. The fourth-order valence-electron chi connectivity index (χ4n) is 2.06. The molecule has 9 nitrogen and oxygen atoms in total. The van der Waals surface area contributed by atoms with E-state index in [0.717, 1.165) is 0 Å². The van der Waals surface area contributed by atoms with Crippen LogP contribution in [0, 0.1) is 0 Å². The molecular formula is C16H18N4O5. The Bertz CT molecular complexity index is 861. The Morgan fingerprint density at radius 3 is 2.72 bits per heavy atom. The number of nitrogens with one attached hydrogen (secondary N) is 3. The molecule has 0 aliphatic heterocycles. The van der Waals surface area contributed by atoms with Crippen LogP contribution in [-0.4, -0.2) is 41.0 Å². The molecule has 2 aromatic rings. The number of benzene rings is 1. The fraction of sp³-hybridized carbons (Fsp3) is 0.312. The van der Waals surface area contributed by atoms with Crippen molar-refractivity contribution in [2.45, 2.75) is 25.9 Å². The van der Waals surface area contributed by atoms with Crippen molar-refractivity contribution in [2.75, 3.05) is 7.05 Å². The van der Waals surface area contributed by atoms with Crippen molar-refractivity contribution in [1.82, 2.24) is 20.6 Å². The van der Waals surface area contributed by atoms with Crippen LogP contribution in [0.4, 0.5) is 4.79 Å². The number of aromatic nitrogens is 2. The SMILES string of the molecule is CNC(=O)NC(=O)[C@@H](C)OC(=O)CCc1nc2ccccc2c(=O)[nH]1. The van der Waals surface area contributed by atoms with Crippen LogP contribution in [0.2, 0.25) is 0 Å². The number of imide groups is 1. The minimum atomic E-state index is -1.12. The monoisotopic (exact) mass is 346 g/mol. The largest absolute Gasteiger partial charge is 0.453 e. The Kier molecular flexibility index (Phi) is 5.83. The minimum absolute atomic E-state index is 0.0706. The molecule has 1 atom stereocenters. The average molecular weight is 346 g/mol. The number of para-hydroxylation sites is 1. The first-order chi connectivity index (χ1) is 11.9. The number of carbonyl (C=O) groups excluding carboxylic acids is 3. The summed E-state index contributed by atoms with van der Waals surface area (Å²) in [6, 6.07) is 6.18. The van der Waals surface area contributed by atoms with Crippen LogP contribution < -0.4 is 16.2 Å². The van der Waals surface area contributed by atoms with Crippen LogP contribution in [0.3, 0.4) is 0 Å². The predicted octanol–water partition coefficient (Wildman–Crippen LogP) is 0.243. The number of urea groups is 1. The maximum absolute atomic E-state index is 11.9. The summed E-state index contributed by atoms with van der Waals surface area (Å²) < 4.78 is 4.95. The van der Waals surface area contributed by atoms with Crippen molar-refractivity contribution in [1.29, 1.82) is 0 Å². The van der Waals surface area contributed by atoms with Crippen molar-refractivity contribution in [3.05, 3.63) is 40.4 Å². The molecule has 0 bridgehead atoms. The Hall–Kier alpha value is -3.23. The van der Waals surface area contributed by atoms with Crippen LogP contribution in [0.25, 0.3) is 10.9 Å². The number of aromatic amines is 1. The van der Waals surface area contributed by atoms with E-state index in [4.69, 9.17) is 4.74 Å². The number of fused-ring (bicyclic) bond motifs is 1. The highest BCUT2D eigenvalue weighted by Gasteiger charge is 2.19. The van der Waals surface area contributed by atoms with E-state index >= 15 is 0 Å². The summed E-state index contributed by atoms with van der Waals surface area (Å²) in [7, 11) is 1.36. The van der Waals surface area contributed by atoms with Gasteiger partial charge in [-0.25, -0.2) is 9.78 Å². The number of aryl methyl sites for hydroxylation is 1. The van der Waals surface area contributed by atoms with Crippen molar-refractivity contribution >= 4 is 28.8 Å². The van der Waals surface area contributed by atoms with Gasteiger partial charge in [0.2, 0.25) is 0 Å². The number of carbonyl (C=O) groups is 3. The maximum atomic E-state index is 11.9. The van der Waals surface area contributed by atoms with Gasteiger partial charge in [0.05, 0.1) is 17.3 Å². The predicted molar refractivity (Wildman–Crippen MR) is 88.8 cm³/mol. The average Bonchev–Trinajstić information content (AvgIpc) is 2.59. The topological polar surface area (TPSA) is 130 Å². The molecule has 0 saturated heterocycles. The van der Waals surface area contributed by atoms with Gasteiger partial charge in [-0.05, 0) is 19.1 Å². The van der Waals surface area contributed by atoms with Gasteiger partial charge in [-0.3, -0.25) is 19.7 Å². The minimum Gasteiger partial charge on any atom is -0.453 e. The smallest absolute Gasteiger partial charge is 0.321 e. The van der Waals surface area contributed by atoms with E-state index in [9.17, 15) is 19.2 Å². The first-order valence-corrected chi connectivity index (χ1v) is 7.60. The second-order valence-corrected chi connectivity index (χ2v) is 5.23. The highest BCUT2D eigenvalue weighted by molar-refractivity contribution is 5.97. The lowest BCUT2D eigenvalue weighted by Gasteiger charge is -2.12. The van der Waals surface area contributed by atoms with E-state index in [2.05, 4.69) is 15.3 Å². The van der Waals surface area contributed by atoms with Crippen LogP contribution in [0.1, 0.15) is 19.2 Å². The number of esters is 1. The first-order valence-electron chi connectivity index (χ1n) is 7.60. The van der Waals surface area contributed by atoms with Gasteiger partial charge in [0.15, 0.2) is 6.10 Å². The summed E-state index contributed by atoms with van der Waals surface area (Å²) in [5.41, 5.74) is 0.250. The third kappa shape index (κ3) is 4.87. The molecular weight excluding hydrogens is 328 g/mol. The van der Waals surface area contributed by atoms with Crippen LogP contribution in [0.15, 0.2) is 29.1 Å². The van der Waals surface area contributed by atoms with E-state index in [1.54, 1.807) is 24.3 Å². The Labute approximate surface area is 142 Å². The van der Waals surface area contributed by atoms with Gasteiger partial charge >= 0.3 is 12.0 Å². The highest BCUT2D eigenvalue weighted by Crippen LogP contribution is 2.07. The number of amides is 3. The van der Waals surface area contributed by atoms with Crippen LogP contribution in [0.5, 0.6) is 0 Å². The third-order valence-electron chi connectivity index (χ3n) is 3.37. The molecule has 0 fully saturated rings. The number of ether oxygens (including phenoxy) is 1. The number of hydrogen-bond donors (Lipinski definition) is 3. The lowest BCUT2D eigenvalue weighted by atomic mass is 10.2. The normalized spacial score (nSPS) is 11.6. The number of hydrogen-bond acceptors (Lipinski definition) is 6. The number of H-pyrrole nitrogens is 1. The molecule has 2 rings (SSSR count). The quantitative estimate of drug-likeness (QED) is 0.665. The van der Waals surface area contributed by atoms with Crippen LogP contribution >= 0.6 is 0 Å². The van der Waals surface area contributed by atoms with Crippen molar-refractivity contribution in [3.63, 3.8) is 0 Å². The molecule has 0 aliphatic rings. The molecule has 25 heavy (non-hydrogen) atoms. The summed E-state index contributed by atoms with van der Waals surface area (Å²) in [5, 5.41) is 4.69. The molecule has 1 aromatic heterocycles. The van der Waals surface area contributed by atoms with Gasteiger partial charge < -0.3 is 15.0 Å². The zero-order chi connectivity index (χ0) is 18.4. The lowest BCUT2D eigenvalue weighted by Crippen LogP contribution is -2.43. The molecule has 0 aliphatic carbocycles. The van der Waals surface area contributed by atoms with Gasteiger partial charge in [0.1, 0.15) is 5.82 Å². The first kappa shape index (κ1) is 18.1. The molecule has 0 saturated carbocycles. The van der Waals surface area contributed by atoms with E-state index < -0.39 is 24.0 Å². The number of rotatable bonds is 5. The van der Waals surface area contributed by atoms with Crippen molar-refractivity contribution in [2.24, 2.45) is 0 Å². The lowest BCUT2D eigenvalue weighted by molar-refractivity contribution is -0.154. The van der Waals surface area contributed by atoms with Gasteiger partial charge in [-0.1, -0.05) is 12.1 Å². The maximum Gasteiger partial charge on any atom is 0.321 e. The molecule has 3 N–H and O–H groups in total. The zero-order valence-electron chi connectivity index (χ0n) is 13.8. The van der Waals surface area contributed by atoms with E-state index in [1.807, 2.05) is 5.32 Å². The third-order valence-corrected chi connectivity index (χ3v) is 3.37. The Morgan fingerprint density at radius 1 is 1.28 bits per heavy atom. The summed E-state index contributed by atoms with van der Waals surface area (Å²) in [6.45, 7) is 1.35. The molecule has 0 radical (unpaired) electrons. The molecule has 1 heterocycles.